The number of carbonyl (C=O) groups excluding carboxylic acids is 2. The molecule has 2 N–H and O–H groups in total. The Morgan fingerprint density at radius 1 is 1.26 bits per heavy atom. The number of aromatic nitrogens is 2. The van der Waals surface area contributed by atoms with E-state index in [9.17, 15) is 31.5 Å². The average molecular weight is 449 g/mol. The van der Waals surface area contributed by atoms with E-state index < -0.39 is 55.0 Å². The molecular formula is C19H24F5N5O2. The number of rotatable bonds is 5. The van der Waals surface area contributed by atoms with E-state index in [-0.39, 0.29) is 56.0 Å². The van der Waals surface area contributed by atoms with Gasteiger partial charge < -0.3 is 5.73 Å². The summed E-state index contributed by atoms with van der Waals surface area (Å²) in [5, 5.41) is 0. The Kier molecular flexibility index (Phi) is 6.61. The highest BCUT2D eigenvalue weighted by atomic mass is 19.4. The van der Waals surface area contributed by atoms with Crippen LogP contribution < -0.4 is 5.73 Å². The van der Waals surface area contributed by atoms with Crippen molar-refractivity contribution in [2.75, 3.05) is 19.6 Å². The maximum Gasteiger partial charge on any atom is 0.433 e. The fraction of sp³-hybridized carbons (Fsp3) is 0.684. The van der Waals surface area contributed by atoms with Crippen LogP contribution in [0.3, 0.4) is 0 Å². The Labute approximate surface area is 175 Å². The number of imide groups is 1. The van der Waals surface area contributed by atoms with Gasteiger partial charge >= 0.3 is 6.18 Å². The van der Waals surface area contributed by atoms with E-state index in [0.29, 0.717) is 4.90 Å². The molecule has 7 nitrogen and oxygen atoms in total. The van der Waals surface area contributed by atoms with Crippen molar-refractivity contribution >= 4 is 11.8 Å². The minimum Gasteiger partial charge on any atom is -0.320 e. The van der Waals surface area contributed by atoms with E-state index in [2.05, 4.69) is 9.97 Å². The smallest absolute Gasteiger partial charge is 0.320 e. The summed E-state index contributed by atoms with van der Waals surface area (Å²) in [4.78, 5) is 34.4. The van der Waals surface area contributed by atoms with Crippen molar-refractivity contribution in [2.24, 2.45) is 5.73 Å². The van der Waals surface area contributed by atoms with E-state index in [4.69, 9.17) is 5.73 Å². The topological polar surface area (TPSA) is 92.4 Å². The first-order valence-corrected chi connectivity index (χ1v) is 10.1. The predicted octanol–water partition coefficient (Wildman–Crippen LogP) is 1.92. The SMILES string of the molecule is CCc1nc2c(c(C(F)(F)F)n1)CCN(CC[C@H](N)C(=O)N1CC(F)(F)CCC1=O)C2. The van der Waals surface area contributed by atoms with Crippen molar-refractivity contribution < 1.29 is 31.5 Å². The van der Waals surface area contributed by atoms with Crippen molar-refractivity contribution in [2.45, 2.75) is 63.7 Å². The monoisotopic (exact) mass is 449 g/mol. The van der Waals surface area contributed by atoms with Gasteiger partial charge in [0.25, 0.3) is 5.92 Å². The third-order valence-corrected chi connectivity index (χ3v) is 5.51. The molecule has 0 spiro atoms. The Morgan fingerprint density at radius 2 is 1.97 bits per heavy atom. The number of alkyl halides is 5. The molecule has 0 aliphatic carbocycles. The number of amides is 2. The summed E-state index contributed by atoms with van der Waals surface area (Å²) in [5.74, 6) is -4.57. The molecule has 0 radical (unpaired) electrons. The predicted molar refractivity (Wildman–Crippen MR) is 98.9 cm³/mol. The van der Waals surface area contributed by atoms with Crippen LogP contribution in [0.5, 0.6) is 0 Å². The van der Waals surface area contributed by atoms with Crippen molar-refractivity contribution in [3.05, 3.63) is 22.8 Å². The summed E-state index contributed by atoms with van der Waals surface area (Å²) in [7, 11) is 0. The van der Waals surface area contributed by atoms with Gasteiger partial charge in [-0.3, -0.25) is 19.4 Å². The highest BCUT2D eigenvalue weighted by Gasteiger charge is 2.43. The molecule has 1 aromatic rings. The Morgan fingerprint density at radius 3 is 2.61 bits per heavy atom. The number of nitrogens with zero attached hydrogens (tertiary/aromatic N) is 4. The molecule has 3 heterocycles. The Balaban J connectivity index is 1.64. The number of fused-ring (bicyclic) bond motifs is 1. The van der Waals surface area contributed by atoms with Gasteiger partial charge in [0.1, 0.15) is 5.82 Å². The van der Waals surface area contributed by atoms with Crippen LogP contribution in [0, 0.1) is 0 Å². The zero-order valence-electron chi connectivity index (χ0n) is 17.0. The molecule has 3 rings (SSSR count). The molecule has 0 unspecified atom stereocenters. The minimum absolute atomic E-state index is 0.0708. The van der Waals surface area contributed by atoms with Gasteiger partial charge in [-0.05, 0) is 12.8 Å². The molecule has 1 saturated heterocycles. The summed E-state index contributed by atoms with van der Waals surface area (Å²) in [6.07, 6.45) is -5.17. The number of likely N-dealkylation sites (tertiary alicyclic amines) is 1. The molecule has 2 amide bonds. The van der Waals surface area contributed by atoms with Gasteiger partial charge in [-0.25, -0.2) is 18.7 Å². The zero-order valence-corrected chi connectivity index (χ0v) is 17.0. The zero-order chi connectivity index (χ0) is 23.0. The summed E-state index contributed by atoms with van der Waals surface area (Å²) in [5.41, 5.74) is 5.30. The van der Waals surface area contributed by atoms with Crippen LogP contribution in [0.15, 0.2) is 0 Å². The maximum absolute atomic E-state index is 13.6. The van der Waals surface area contributed by atoms with E-state index in [1.807, 2.05) is 0 Å². The average Bonchev–Trinajstić information content (AvgIpc) is 2.71. The fourth-order valence-electron chi connectivity index (χ4n) is 3.79. The van der Waals surface area contributed by atoms with Crippen molar-refractivity contribution in [3.63, 3.8) is 0 Å². The van der Waals surface area contributed by atoms with Gasteiger partial charge in [0.2, 0.25) is 11.8 Å². The molecule has 1 aromatic heterocycles. The van der Waals surface area contributed by atoms with Crippen LogP contribution in [0.2, 0.25) is 0 Å². The van der Waals surface area contributed by atoms with E-state index in [1.165, 1.54) is 0 Å². The normalized spacial score (nSPS) is 20.5. The molecule has 31 heavy (non-hydrogen) atoms. The molecule has 1 atom stereocenters. The number of carbonyl (C=O) groups is 2. The fourth-order valence-corrected chi connectivity index (χ4v) is 3.79. The molecule has 2 aliphatic rings. The first kappa shape index (κ1) is 23.5. The van der Waals surface area contributed by atoms with Crippen molar-refractivity contribution in [1.29, 1.82) is 0 Å². The number of hydrogen-bond donors (Lipinski definition) is 1. The Bertz CT molecular complexity index is 861. The highest BCUT2D eigenvalue weighted by Crippen LogP contribution is 2.34. The molecule has 0 saturated carbocycles. The molecule has 1 fully saturated rings. The lowest BCUT2D eigenvalue weighted by Gasteiger charge is -2.33. The van der Waals surface area contributed by atoms with E-state index >= 15 is 0 Å². The largest absolute Gasteiger partial charge is 0.433 e. The molecule has 0 bridgehead atoms. The lowest BCUT2D eigenvalue weighted by Crippen LogP contribution is -2.54. The summed E-state index contributed by atoms with van der Waals surface area (Å²) in [6.45, 7) is 1.35. The molecule has 0 aromatic carbocycles. The van der Waals surface area contributed by atoms with Crippen molar-refractivity contribution in [3.8, 4) is 0 Å². The highest BCUT2D eigenvalue weighted by molar-refractivity contribution is 5.98. The lowest BCUT2D eigenvalue weighted by molar-refractivity contribution is -0.159. The second-order valence-electron chi connectivity index (χ2n) is 7.86. The number of aryl methyl sites for hydroxylation is 1. The van der Waals surface area contributed by atoms with Crippen molar-refractivity contribution in [1.82, 2.24) is 19.8 Å². The Hall–Kier alpha value is -2.21. The molecule has 2 aliphatic heterocycles. The third-order valence-electron chi connectivity index (χ3n) is 5.51. The third kappa shape index (κ3) is 5.35. The lowest BCUT2D eigenvalue weighted by atomic mass is 10.0. The number of piperidine rings is 1. The van der Waals surface area contributed by atoms with Crippen LogP contribution in [0.1, 0.15) is 49.0 Å². The van der Waals surface area contributed by atoms with Crippen LogP contribution in [-0.4, -0.2) is 63.2 Å². The van der Waals surface area contributed by atoms with Gasteiger partial charge in [0.05, 0.1) is 18.3 Å². The van der Waals surface area contributed by atoms with Crippen LogP contribution in [-0.2, 0) is 35.2 Å². The number of hydrogen-bond acceptors (Lipinski definition) is 6. The summed E-state index contributed by atoms with van der Waals surface area (Å²) >= 11 is 0. The van der Waals surface area contributed by atoms with Gasteiger partial charge in [0.15, 0.2) is 5.69 Å². The molecular weight excluding hydrogens is 425 g/mol. The van der Waals surface area contributed by atoms with Gasteiger partial charge in [-0.15, -0.1) is 0 Å². The van der Waals surface area contributed by atoms with Crippen LogP contribution in [0.25, 0.3) is 0 Å². The van der Waals surface area contributed by atoms with Crippen LogP contribution in [0.4, 0.5) is 22.0 Å². The van der Waals surface area contributed by atoms with Gasteiger partial charge in [0, 0.05) is 44.5 Å². The quantitative estimate of drug-likeness (QED) is 0.691. The summed E-state index contributed by atoms with van der Waals surface area (Å²) < 4.78 is 67.2. The molecule has 12 heteroatoms. The number of halogens is 5. The van der Waals surface area contributed by atoms with E-state index in [1.54, 1.807) is 11.8 Å². The van der Waals surface area contributed by atoms with Gasteiger partial charge in [-0.2, -0.15) is 13.2 Å². The van der Waals surface area contributed by atoms with E-state index in [0.717, 1.165) is 0 Å². The maximum atomic E-state index is 13.6. The van der Waals surface area contributed by atoms with Gasteiger partial charge in [-0.1, -0.05) is 6.92 Å². The second-order valence-corrected chi connectivity index (χ2v) is 7.86. The van der Waals surface area contributed by atoms with Crippen LogP contribution >= 0.6 is 0 Å². The molecule has 172 valence electrons. The standard InChI is InChI=1S/C19H24F5N5O2/c1-2-14-26-13-9-28(7-4-11(13)16(27-14)19(22,23)24)8-5-12(25)17(31)29-10-18(20,21)6-3-15(29)30/h12H,2-10,25H2,1H3/t12-/m0/s1. The first-order valence-electron chi connectivity index (χ1n) is 10.1. The minimum atomic E-state index is -4.57. The number of nitrogens with two attached hydrogens (primary N) is 1. The first-order chi connectivity index (χ1) is 14.4. The second kappa shape index (κ2) is 8.73. The summed E-state index contributed by atoms with van der Waals surface area (Å²) in [6, 6.07) is -1.17.